The smallest absolute Gasteiger partial charge is 0.326 e. The zero-order chi connectivity index (χ0) is 12.7. The van der Waals surface area contributed by atoms with E-state index in [2.05, 4.69) is 15.4 Å². The number of carboxylic acids is 1. The van der Waals surface area contributed by atoms with Crippen molar-refractivity contribution in [1.82, 2.24) is 10.6 Å². The first-order chi connectivity index (χ1) is 7.38. The first kappa shape index (κ1) is 14.2. The molecule has 2 amide bonds. The van der Waals surface area contributed by atoms with Gasteiger partial charge in [0.15, 0.2) is 0 Å². The van der Waals surface area contributed by atoms with Crippen LogP contribution in [0.2, 0.25) is 0 Å². The summed E-state index contributed by atoms with van der Waals surface area (Å²) < 4.78 is 4.30. The summed E-state index contributed by atoms with van der Waals surface area (Å²) in [5, 5.41) is 13.2. The number of urea groups is 1. The van der Waals surface area contributed by atoms with Gasteiger partial charge in [0.2, 0.25) is 0 Å². The second kappa shape index (κ2) is 6.65. The van der Waals surface area contributed by atoms with Crippen LogP contribution in [0.4, 0.5) is 4.79 Å². The molecular weight excluding hydrogens is 216 g/mol. The zero-order valence-corrected chi connectivity index (χ0v) is 9.44. The highest BCUT2D eigenvalue weighted by Crippen LogP contribution is 2.00. The standard InChI is InChI=1S/C9H16N2O5/c1-5(2)7(8(13)14)11-9(15)10-4-6(12)16-3/h5,7H,4H2,1-3H3,(H,13,14)(H2,10,11,15)/t7-/m0/s1. The van der Waals surface area contributed by atoms with Crippen molar-refractivity contribution in [2.45, 2.75) is 19.9 Å². The summed E-state index contributed by atoms with van der Waals surface area (Å²) in [5.74, 6) is -1.98. The molecule has 1 atom stereocenters. The number of ether oxygens (including phenoxy) is 1. The minimum atomic E-state index is -1.12. The number of nitrogens with one attached hydrogen (secondary N) is 2. The Balaban J connectivity index is 4.11. The topological polar surface area (TPSA) is 105 Å². The lowest BCUT2D eigenvalue weighted by molar-refractivity contribution is -0.140. The molecule has 0 bridgehead atoms. The van der Waals surface area contributed by atoms with Gasteiger partial charge in [0.1, 0.15) is 12.6 Å². The van der Waals surface area contributed by atoms with Crippen LogP contribution in [-0.4, -0.2) is 42.8 Å². The van der Waals surface area contributed by atoms with Gasteiger partial charge in [0.25, 0.3) is 0 Å². The number of esters is 1. The first-order valence-electron chi connectivity index (χ1n) is 4.72. The molecule has 7 nitrogen and oxygen atoms in total. The SMILES string of the molecule is COC(=O)CNC(=O)N[C@H](C(=O)O)C(C)C. The second-order valence-corrected chi connectivity index (χ2v) is 3.46. The molecule has 3 N–H and O–H groups in total. The Hall–Kier alpha value is -1.79. The van der Waals surface area contributed by atoms with Gasteiger partial charge in [-0.2, -0.15) is 0 Å². The van der Waals surface area contributed by atoms with E-state index in [0.29, 0.717) is 0 Å². The fraction of sp³-hybridized carbons (Fsp3) is 0.667. The van der Waals surface area contributed by atoms with Crippen LogP contribution in [0.15, 0.2) is 0 Å². The third-order valence-electron chi connectivity index (χ3n) is 1.84. The highest BCUT2D eigenvalue weighted by atomic mass is 16.5. The van der Waals surface area contributed by atoms with E-state index in [-0.39, 0.29) is 12.5 Å². The van der Waals surface area contributed by atoms with Crippen LogP contribution in [-0.2, 0) is 14.3 Å². The van der Waals surface area contributed by atoms with E-state index in [1.165, 1.54) is 7.11 Å². The molecule has 92 valence electrons. The molecule has 16 heavy (non-hydrogen) atoms. The fourth-order valence-electron chi connectivity index (χ4n) is 0.930. The number of methoxy groups -OCH3 is 1. The lowest BCUT2D eigenvalue weighted by atomic mass is 10.1. The lowest BCUT2D eigenvalue weighted by Crippen LogP contribution is -2.49. The van der Waals surface area contributed by atoms with Gasteiger partial charge in [-0.15, -0.1) is 0 Å². The molecule has 0 aliphatic heterocycles. The van der Waals surface area contributed by atoms with Crippen LogP contribution in [0, 0.1) is 5.92 Å². The number of amides is 2. The van der Waals surface area contributed by atoms with Crippen LogP contribution in [0.5, 0.6) is 0 Å². The molecule has 0 aliphatic rings. The normalized spacial score (nSPS) is 11.8. The number of carbonyl (C=O) groups excluding carboxylic acids is 2. The number of carbonyl (C=O) groups is 3. The molecule has 0 aliphatic carbocycles. The quantitative estimate of drug-likeness (QED) is 0.558. The van der Waals surface area contributed by atoms with Crippen LogP contribution in [0.1, 0.15) is 13.8 Å². The van der Waals surface area contributed by atoms with Crippen molar-refractivity contribution in [2.24, 2.45) is 5.92 Å². The summed E-state index contributed by atoms with van der Waals surface area (Å²) >= 11 is 0. The maximum atomic E-state index is 11.2. The molecular formula is C9H16N2O5. The van der Waals surface area contributed by atoms with E-state index >= 15 is 0 Å². The third-order valence-corrected chi connectivity index (χ3v) is 1.84. The maximum absolute atomic E-state index is 11.2. The van der Waals surface area contributed by atoms with Gasteiger partial charge < -0.3 is 20.5 Å². The predicted octanol–water partition coefficient (Wildman–Crippen LogP) is -0.432. The monoisotopic (exact) mass is 232 g/mol. The Bertz CT molecular complexity index is 277. The van der Waals surface area contributed by atoms with Gasteiger partial charge in [-0.05, 0) is 5.92 Å². The number of hydrogen-bond acceptors (Lipinski definition) is 4. The summed E-state index contributed by atoms with van der Waals surface area (Å²) in [5.41, 5.74) is 0. The van der Waals surface area contributed by atoms with Crippen molar-refractivity contribution < 1.29 is 24.2 Å². The predicted molar refractivity (Wildman–Crippen MR) is 54.8 cm³/mol. The fourth-order valence-corrected chi connectivity index (χ4v) is 0.930. The highest BCUT2D eigenvalue weighted by molar-refractivity contribution is 5.85. The zero-order valence-electron chi connectivity index (χ0n) is 9.44. The average molecular weight is 232 g/mol. The van der Waals surface area contributed by atoms with Gasteiger partial charge in [-0.25, -0.2) is 9.59 Å². The molecule has 0 spiro atoms. The van der Waals surface area contributed by atoms with Gasteiger partial charge >= 0.3 is 18.0 Å². The maximum Gasteiger partial charge on any atom is 0.326 e. The number of carboxylic acid groups (broad SMARTS) is 1. The summed E-state index contributed by atoms with van der Waals surface area (Å²) in [6.07, 6.45) is 0. The number of aliphatic carboxylic acids is 1. The Kier molecular flexibility index (Phi) is 5.91. The molecule has 0 saturated carbocycles. The largest absolute Gasteiger partial charge is 0.480 e. The molecule has 7 heteroatoms. The molecule has 0 saturated heterocycles. The van der Waals surface area contributed by atoms with Crippen molar-refractivity contribution in [3.8, 4) is 0 Å². The Morgan fingerprint density at radius 3 is 2.25 bits per heavy atom. The minimum absolute atomic E-state index is 0.249. The van der Waals surface area contributed by atoms with Crippen molar-refractivity contribution >= 4 is 18.0 Å². The van der Waals surface area contributed by atoms with Crippen molar-refractivity contribution in [3.63, 3.8) is 0 Å². The molecule has 0 heterocycles. The average Bonchev–Trinajstić information content (AvgIpc) is 2.21. The Morgan fingerprint density at radius 1 is 1.31 bits per heavy atom. The molecule has 0 aromatic carbocycles. The van der Waals surface area contributed by atoms with E-state index in [9.17, 15) is 14.4 Å². The van der Waals surface area contributed by atoms with Gasteiger partial charge in [0.05, 0.1) is 7.11 Å². The van der Waals surface area contributed by atoms with Gasteiger partial charge in [0, 0.05) is 0 Å². The van der Waals surface area contributed by atoms with Crippen LogP contribution in [0.25, 0.3) is 0 Å². The molecule has 0 rings (SSSR count). The van der Waals surface area contributed by atoms with Gasteiger partial charge in [-0.1, -0.05) is 13.8 Å². The van der Waals surface area contributed by atoms with E-state index in [0.717, 1.165) is 0 Å². The summed E-state index contributed by atoms with van der Waals surface area (Å²) in [7, 11) is 1.19. The van der Waals surface area contributed by atoms with Crippen molar-refractivity contribution in [1.29, 1.82) is 0 Å². The Labute approximate surface area is 93.2 Å². The molecule has 0 radical (unpaired) electrons. The van der Waals surface area contributed by atoms with Crippen LogP contribution < -0.4 is 10.6 Å². The summed E-state index contributed by atoms with van der Waals surface area (Å²) in [4.78, 5) is 32.6. The number of hydrogen-bond donors (Lipinski definition) is 3. The number of rotatable bonds is 5. The van der Waals surface area contributed by atoms with Gasteiger partial charge in [-0.3, -0.25) is 4.79 Å². The third kappa shape index (κ3) is 5.18. The summed E-state index contributed by atoms with van der Waals surface area (Å²) in [6, 6.07) is -1.70. The van der Waals surface area contributed by atoms with Crippen LogP contribution in [0.3, 0.4) is 0 Å². The molecule has 0 aromatic rings. The molecule has 0 fully saturated rings. The second-order valence-electron chi connectivity index (χ2n) is 3.46. The van der Waals surface area contributed by atoms with Crippen LogP contribution >= 0.6 is 0 Å². The van der Waals surface area contributed by atoms with Crippen molar-refractivity contribution in [3.05, 3.63) is 0 Å². The summed E-state index contributed by atoms with van der Waals surface area (Å²) in [6.45, 7) is 3.03. The first-order valence-corrected chi connectivity index (χ1v) is 4.72. The minimum Gasteiger partial charge on any atom is -0.480 e. The van der Waals surface area contributed by atoms with Crippen molar-refractivity contribution in [2.75, 3.05) is 13.7 Å². The molecule has 0 aromatic heterocycles. The highest BCUT2D eigenvalue weighted by Gasteiger charge is 2.23. The lowest BCUT2D eigenvalue weighted by Gasteiger charge is -2.17. The van der Waals surface area contributed by atoms with E-state index in [4.69, 9.17) is 5.11 Å². The van der Waals surface area contributed by atoms with E-state index < -0.39 is 24.0 Å². The molecule has 0 unspecified atom stereocenters. The van der Waals surface area contributed by atoms with E-state index in [1.807, 2.05) is 0 Å². The Morgan fingerprint density at radius 2 is 1.88 bits per heavy atom. The van der Waals surface area contributed by atoms with E-state index in [1.54, 1.807) is 13.8 Å².